The molecule has 3 aromatic rings. The van der Waals surface area contributed by atoms with E-state index in [-0.39, 0.29) is 5.91 Å². The zero-order chi connectivity index (χ0) is 21.0. The molecule has 0 radical (unpaired) electrons. The highest BCUT2D eigenvalue weighted by Crippen LogP contribution is 2.30. The van der Waals surface area contributed by atoms with Gasteiger partial charge in [-0.1, -0.05) is 17.7 Å². The molecule has 0 fully saturated rings. The summed E-state index contributed by atoms with van der Waals surface area (Å²) in [6, 6.07) is 11.2. The number of ether oxygens (including phenoxy) is 2. The van der Waals surface area contributed by atoms with Crippen LogP contribution in [-0.2, 0) is 0 Å². The van der Waals surface area contributed by atoms with Gasteiger partial charge in [-0.05, 0) is 50.1 Å². The van der Waals surface area contributed by atoms with Crippen molar-refractivity contribution in [3.05, 3.63) is 71.0 Å². The maximum absolute atomic E-state index is 12.8. The monoisotopic (exact) mass is 391 g/mol. The van der Waals surface area contributed by atoms with Crippen LogP contribution < -0.4 is 20.1 Å². The van der Waals surface area contributed by atoms with Crippen LogP contribution in [0.25, 0.3) is 0 Å². The quantitative estimate of drug-likeness (QED) is 0.617. The number of methoxy groups -OCH3 is 2. The Hall–Kier alpha value is -3.54. The molecule has 3 rings (SSSR count). The van der Waals surface area contributed by atoms with Crippen LogP contribution in [0.1, 0.15) is 27.0 Å². The zero-order valence-corrected chi connectivity index (χ0v) is 17.3. The predicted octanol–water partition coefficient (Wildman–Crippen LogP) is 5.02. The van der Waals surface area contributed by atoms with E-state index < -0.39 is 0 Å². The Kier molecular flexibility index (Phi) is 6.02. The van der Waals surface area contributed by atoms with Crippen molar-refractivity contribution in [3.63, 3.8) is 0 Å². The molecule has 0 unspecified atom stereocenters. The highest BCUT2D eigenvalue weighted by molar-refractivity contribution is 6.05. The molecule has 150 valence electrons. The molecule has 1 aromatic heterocycles. The number of hydrogen-bond donors (Lipinski definition) is 2. The maximum Gasteiger partial charge on any atom is 0.257 e. The van der Waals surface area contributed by atoms with Gasteiger partial charge >= 0.3 is 0 Å². The molecule has 0 bridgehead atoms. The lowest BCUT2D eigenvalue weighted by atomic mass is 10.0. The molecule has 0 aliphatic heterocycles. The van der Waals surface area contributed by atoms with E-state index in [2.05, 4.69) is 48.5 Å². The second-order valence-corrected chi connectivity index (χ2v) is 6.88. The van der Waals surface area contributed by atoms with Crippen LogP contribution in [0, 0.1) is 20.8 Å². The number of nitrogens with zero attached hydrogens (tertiary/aromatic N) is 1. The summed E-state index contributed by atoms with van der Waals surface area (Å²) in [5.41, 5.74) is 6.21. The van der Waals surface area contributed by atoms with E-state index in [4.69, 9.17) is 9.47 Å². The molecular weight excluding hydrogens is 366 g/mol. The van der Waals surface area contributed by atoms with E-state index in [1.807, 2.05) is 0 Å². The molecule has 0 aliphatic carbocycles. The molecule has 6 nitrogen and oxygen atoms in total. The first-order valence-corrected chi connectivity index (χ1v) is 9.24. The topological polar surface area (TPSA) is 72.5 Å². The van der Waals surface area contributed by atoms with Crippen molar-refractivity contribution in [2.24, 2.45) is 0 Å². The molecule has 6 heteroatoms. The molecule has 0 saturated heterocycles. The van der Waals surface area contributed by atoms with Crippen LogP contribution in [0.4, 0.5) is 17.1 Å². The third-order valence-corrected chi connectivity index (χ3v) is 4.60. The highest BCUT2D eigenvalue weighted by atomic mass is 16.5. The van der Waals surface area contributed by atoms with Gasteiger partial charge in [0.15, 0.2) is 0 Å². The minimum Gasteiger partial charge on any atom is -0.497 e. The fraction of sp³-hybridized carbons (Fsp3) is 0.217. The van der Waals surface area contributed by atoms with E-state index in [1.165, 1.54) is 11.8 Å². The number of aryl methyl sites for hydroxylation is 3. The molecule has 0 aliphatic rings. The SMILES string of the molecule is COc1ccc(OC)c(NC(=O)c2cncc(Nc3c(C)cc(C)cc3C)c2)c1. The summed E-state index contributed by atoms with van der Waals surface area (Å²) in [6.07, 6.45) is 3.23. The smallest absolute Gasteiger partial charge is 0.257 e. The largest absolute Gasteiger partial charge is 0.497 e. The van der Waals surface area contributed by atoms with Crippen molar-refractivity contribution in [2.75, 3.05) is 24.9 Å². The molecular formula is C23H25N3O3. The third-order valence-electron chi connectivity index (χ3n) is 4.60. The fourth-order valence-electron chi connectivity index (χ4n) is 3.26. The average molecular weight is 391 g/mol. The van der Waals surface area contributed by atoms with Gasteiger partial charge in [-0.3, -0.25) is 9.78 Å². The summed E-state index contributed by atoms with van der Waals surface area (Å²) in [4.78, 5) is 17.0. The van der Waals surface area contributed by atoms with E-state index in [1.54, 1.807) is 44.7 Å². The Morgan fingerprint density at radius 3 is 2.31 bits per heavy atom. The summed E-state index contributed by atoms with van der Waals surface area (Å²) < 4.78 is 10.6. The molecule has 1 heterocycles. The lowest BCUT2D eigenvalue weighted by Crippen LogP contribution is -2.13. The van der Waals surface area contributed by atoms with Crippen molar-refractivity contribution in [2.45, 2.75) is 20.8 Å². The Bertz CT molecular complexity index is 1020. The van der Waals surface area contributed by atoms with E-state index in [9.17, 15) is 4.79 Å². The van der Waals surface area contributed by atoms with E-state index >= 15 is 0 Å². The van der Waals surface area contributed by atoms with Gasteiger partial charge in [-0.15, -0.1) is 0 Å². The van der Waals surface area contributed by atoms with Crippen LogP contribution >= 0.6 is 0 Å². The van der Waals surface area contributed by atoms with Crippen LogP contribution in [0.2, 0.25) is 0 Å². The van der Waals surface area contributed by atoms with Gasteiger partial charge in [-0.2, -0.15) is 0 Å². The number of nitrogens with one attached hydrogen (secondary N) is 2. The Morgan fingerprint density at radius 2 is 1.66 bits per heavy atom. The number of amides is 1. The van der Waals surface area contributed by atoms with Gasteiger partial charge in [0, 0.05) is 18.0 Å². The molecule has 0 atom stereocenters. The number of pyridine rings is 1. The summed E-state index contributed by atoms with van der Waals surface area (Å²) >= 11 is 0. The van der Waals surface area contributed by atoms with Gasteiger partial charge in [0.2, 0.25) is 0 Å². The molecule has 29 heavy (non-hydrogen) atoms. The summed E-state index contributed by atoms with van der Waals surface area (Å²) in [5.74, 6) is 0.886. The lowest BCUT2D eigenvalue weighted by molar-refractivity contribution is 0.102. The third kappa shape index (κ3) is 4.66. The number of carbonyl (C=O) groups excluding carboxylic acids is 1. The average Bonchev–Trinajstić information content (AvgIpc) is 2.70. The van der Waals surface area contributed by atoms with Gasteiger partial charge in [-0.25, -0.2) is 0 Å². The normalized spacial score (nSPS) is 10.4. The van der Waals surface area contributed by atoms with E-state index in [0.717, 1.165) is 22.5 Å². The van der Waals surface area contributed by atoms with Gasteiger partial charge in [0.25, 0.3) is 5.91 Å². The Labute approximate surface area is 170 Å². The van der Waals surface area contributed by atoms with Crippen molar-refractivity contribution >= 4 is 23.0 Å². The van der Waals surface area contributed by atoms with Crippen LogP contribution in [-0.4, -0.2) is 25.1 Å². The standard InChI is InChI=1S/C23H25N3O3/c1-14-8-15(2)22(16(3)9-14)25-18-10-17(12-24-13-18)23(27)26-20-11-19(28-4)6-7-21(20)29-5/h6-13,25H,1-5H3,(H,26,27). The lowest BCUT2D eigenvalue weighted by Gasteiger charge is -2.15. The van der Waals surface area contributed by atoms with Crippen LogP contribution in [0.15, 0.2) is 48.8 Å². The molecule has 2 aromatic carbocycles. The summed E-state index contributed by atoms with van der Waals surface area (Å²) in [5, 5.41) is 6.24. The van der Waals surface area contributed by atoms with Gasteiger partial charge in [0.05, 0.1) is 37.4 Å². The number of anilines is 3. The van der Waals surface area contributed by atoms with E-state index in [0.29, 0.717) is 22.7 Å². The van der Waals surface area contributed by atoms with Crippen LogP contribution in [0.5, 0.6) is 11.5 Å². The second-order valence-electron chi connectivity index (χ2n) is 6.88. The first kappa shape index (κ1) is 20.2. The highest BCUT2D eigenvalue weighted by Gasteiger charge is 2.13. The molecule has 0 spiro atoms. The number of rotatable bonds is 6. The number of carbonyl (C=O) groups is 1. The minimum absolute atomic E-state index is 0.287. The first-order chi connectivity index (χ1) is 13.9. The van der Waals surface area contributed by atoms with Crippen molar-refractivity contribution in [1.82, 2.24) is 4.98 Å². The maximum atomic E-state index is 12.8. The van der Waals surface area contributed by atoms with Crippen LogP contribution in [0.3, 0.4) is 0 Å². The first-order valence-electron chi connectivity index (χ1n) is 9.24. The van der Waals surface area contributed by atoms with Gasteiger partial charge < -0.3 is 20.1 Å². The van der Waals surface area contributed by atoms with Crippen molar-refractivity contribution in [1.29, 1.82) is 0 Å². The zero-order valence-electron chi connectivity index (χ0n) is 17.3. The fourth-order valence-corrected chi connectivity index (χ4v) is 3.26. The molecule has 2 N–H and O–H groups in total. The van der Waals surface area contributed by atoms with Crippen molar-refractivity contribution in [3.8, 4) is 11.5 Å². The number of aromatic nitrogens is 1. The molecule has 1 amide bonds. The number of hydrogen-bond acceptors (Lipinski definition) is 5. The predicted molar refractivity (Wildman–Crippen MR) is 116 cm³/mol. The molecule has 0 saturated carbocycles. The Morgan fingerprint density at radius 1 is 0.931 bits per heavy atom. The Balaban J connectivity index is 1.84. The second kappa shape index (κ2) is 8.65. The summed E-state index contributed by atoms with van der Waals surface area (Å²) in [6.45, 7) is 6.19. The van der Waals surface area contributed by atoms with Gasteiger partial charge in [0.1, 0.15) is 11.5 Å². The summed E-state index contributed by atoms with van der Waals surface area (Å²) in [7, 11) is 3.12. The minimum atomic E-state index is -0.287. The van der Waals surface area contributed by atoms with Crippen molar-refractivity contribution < 1.29 is 14.3 Å². The number of benzene rings is 2.